The Morgan fingerprint density at radius 3 is 3.00 bits per heavy atom. The average molecular weight is 285 g/mol. The summed E-state index contributed by atoms with van der Waals surface area (Å²) in [6.45, 7) is 6.21. The molecule has 1 aliphatic heterocycles. The van der Waals surface area contributed by atoms with Gasteiger partial charge in [-0.15, -0.1) is 0 Å². The molecule has 88 valence electrons. The van der Waals surface area contributed by atoms with Gasteiger partial charge in [-0.05, 0) is 47.8 Å². The number of pyridine rings is 1. The molecular weight excluding hydrogens is 268 g/mol. The van der Waals surface area contributed by atoms with Gasteiger partial charge in [-0.3, -0.25) is 0 Å². The number of nitrogens with zero attached hydrogens (tertiary/aromatic N) is 1. The fraction of sp³-hybridized carbons (Fsp3) is 0.583. The van der Waals surface area contributed by atoms with Crippen molar-refractivity contribution in [1.82, 2.24) is 10.3 Å². The predicted molar refractivity (Wildman–Crippen MR) is 67.7 cm³/mol. The van der Waals surface area contributed by atoms with Crippen LogP contribution in [0.5, 0.6) is 5.88 Å². The summed E-state index contributed by atoms with van der Waals surface area (Å²) in [6, 6.07) is 3.90. The maximum absolute atomic E-state index is 5.91. The van der Waals surface area contributed by atoms with Gasteiger partial charge >= 0.3 is 0 Å². The van der Waals surface area contributed by atoms with E-state index < -0.39 is 0 Å². The summed E-state index contributed by atoms with van der Waals surface area (Å²) < 4.78 is 6.93. The van der Waals surface area contributed by atoms with Crippen LogP contribution in [0.15, 0.2) is 16.6 Å². The Morgan fingerprint density at radius 1 is 1.50 bits per heavy atom. The standard InChI is InChI=1S/C12H17BrN2O/c1-8-5-6-14-7-11(8)16-12-4-3-10(13)9(2)15-12/h3-4,8,11,14H,5-7H2,1-2H3. The van der Waals surface area contributed by atoms with Crippen molar-refractivity contribution in [3.05, 3.63) is 22.3 Å². The minimum Gasteiger partial charge on any atom is -0.473 e. The highest BCUT2D eigenvalue weighted by molar-refractivity contribution is 9.10. The van der Waals surface area contributed by atoms with Crippen LogP contribution in [0.1, 0.15) is 19.0 Å². The molecule has 1 aliphatic rings. The van der Waals surface area contributed by atoms with E-state index >= 15 is 0 Å². The van der Waals surface area contributed by atoms with E-state index in [1.807, 2.05) is 19.1 Å². The molecule has 0 spiro atoms. The van der Waals surface area contributed by atoms with Crippen LogP contribution in [0.4, 0.5) is 0 Å². The van der Waals surface area contributed by atoms with E-state index in [1.165, 1.54) is 6.42 Å². The van der Waals surface area contributed by atoms with Crippen LogP contribution >= 0.6 is 15.9 Å². The molecule has 0 bridgehead atoms. The third-order valence-electron chi connectivity index (χ3n) is 3.02. The fourth-order valence-corrected chi connectivity index (χ4v) is 2.08. The summed E-state index contributed by atoms with van der Waals surface area (Å²) >= 11 is 3.44. The average Bonchev–Trinajstić information content (AvgIpc) is 2.27. The summed E-state index contributed by atoms with van der Waals surface area (Å²) in [7, 11) is 0. The molecule has 0 radical (unpaired) electrons. The van der Waals surface area contributed by atoms with Crippen molar-refractivity contribution >= 4 is 15.9 Å². The summed E-state index contributed by atoms with van der Waals surface area (Å²) in [4.78, 5) is 4.40. The van der Waals surface area contributed by atoms with E-state index in [0.717, 1.165) is 29.1 Å². The molecule has 2 rings (SSSR count). The van der Waals surface area contributed by atoms with Gasteiger partial charge in [0.05, 0.1) is 5.69 Å². The Bertz CT molecular complexity index is 370. The summed E-state index contributed by atoms with van der Waals surface area (Å²) in [5.41, 5.74) is 0.967. The lowest BCUT2D eigenvalue weighted by atomic mass is 9.97. The highest BCUT2D eigenvalue weighted by Crippen LogP contribution is 2.21. The van der Waals surface area contributed by atoms with Gasteiger partial charge < -0.3 is 10.1 Å². The molecule has 1 aromatic rings. The molecule has 3 nitrogen and oxygen atoms in total. The van der Waals surface area contributed by atoms with Crippen molar-refractivity contribution in [2.24, 2.45) is 5.92 Å². The van der Waals surface area contributed by atoms with Gasteiger partial charge in [0.25, 0.3) is 0 Å². The smallest absolute Gasteiger partial charge is 0.213 e. The Hall–Kier alpha value is -0.610. The molecule has 4 heteroatoms. The van der Waals surface area contributed by atoms with Gasteiger partial charge in [0.2, 0.25) is 5.88 Å². The molecule has 0 saturated carbocycles. The molecule has 0 aromatic carbocycles. The molecule has 1 fully saturated rings. The van der Waals surface area contributed by atoms with Crippen molar-refractivity contribution in [3.63, 3.8) is 0 Å². The van der Waals surface area contributed by atoms with Crippen molar-refractivity contribution < 1.29 is 4.74 Å². The molecule has 0 amide bonds. The van der Waals surface area contributed by atoms with Gasteiger partial charge in [-0.2, -0.15) is 0 Å². The number of nitrogens with one attached hydrogen (secondary N) is 1. The Morgan fingerprint density at radius 2 is 2.31 bits per heavy atom. The van der Waals surface area contributed by atoms with Crippen LogP contribution in [0.2, 0.25) is 0 Å². The first kappa shape index (κ1) is 11.9. The lowest BCUT2D eigenvalue weighted by Crippen LogP contribution is -2.43. The third kappa shape index (κ3) is 2.74. The number of aromatic nitrogens is 1. The first-order valence-corrected chi connectivity index (χ1v) is 6.46. The SMILES string of the molecule is Cc1nc(OC2CNCCC2C)ccc1Br. The minimum absolute atomic E-state index is 0.238. The van der Waals surface area contributed by atoms with Crippen molar-refractivity contribution in [2.75, 3.05) is 13.1 Å². The Kier molecular flexibility index (Phi) is 3.82. The first-order chi connectivity index (χ1) is 7.66. The highest BCUT2D eigenvalue weighted by Gasteiger charge is 2.22. The van der Waals surface area contributed by atoms with Crippen molar-refractivity contribution in [1.29, 1.82) is 0 Å². The van der Waals surface area contributed by atoms with E-state index in [2.05, 4.69) is 33.2 Å². The zero-order valence-corrected chi connectivity index (χ0v) is 11.3. The highest BCUT2D eigenvalue weighted by atomic mass is 79.9. The molecule has 0 aliphatic carbocycles. The molecule has 1 saturated heterocycles. The summed E-state index contributed by atoms with van der Waals surface area (Å²) in [5.74, 6) is 1.31. The third-order valence-corrected chi connectivity index (χ3v) is 3.86. The van der Waals surface area contributed by atoms with Crippen LogP contribution in [-0.4, -0.2) is 24.2 Å². The second-order valence-corrected chi connectivity index (χ2v) is 5.20. The zero-order valence-electron chi connectivity index (χ0n) is 9.66. The molecule has 1 N–H and O–H groups in total. The van der Waals surface area contributed by atoms with E-state index in [0.29, 0.717) is 5.92 Å². The molecule has 2 heterocycles. The number of rotatable bonds is 2. The van der Waals surface area contributed by atoms with Crippen molar-refractivity contribution in [3.8, 4) is 5.88 Å². The number of piperidine rings is 1. The van der Waals surface area contributed by atoms with Gasteiger partial charge in [0, 0.05) is 17.1 Å². The molecule has 16 heavy (non-hydrogen) atoms. The van der Waals surface area contributed by atoms with Crippen LogP contribution < -0.4 is 10.1 Å². The van der Waals surface area contributed by atoms with Gasteiger partial charge in [0.15, 0.2) is 0 Å². The van der Waals surface area contributed by atoms with E-state index in [1.54, 1.807) is 0 Å². The summed E-state index contributed by atoms with van der Waals surface area (Å²) in [6.07, 6.45) is 1.40. The largest absolute Gasteiger partial charge is 0.473 e. The maximum Gasteiger partial charge on any atom is 0.213 e. The van der Waals surface area contributed by atoms with Crippen LogP contribution in [-0.2, 0) is 0 Å². The topological polar surface area (TPSA) is 34.1 Å². The normalized spacial score (nSPS) is 25.4. The first-order valence-electron chi connectivity index (χ1n) is 5.67. The lowest BCUT2D eigenvalue weighted by Gasteiger charge is -2.29. The van der Waals surface area contributed by atoms with Gasteiger partial charge in [0.1, 0.15) is 6.10 Å². The number of aryl methyl sites for hydroxylation is 1. The lowest BCUT2D eigenvalue weighted by molar-refractivity contribution is 0.109. The zero-order chi connectivity index (χ0) is 11.5. The molecular formula is C12H17BrN2O. The quantitative estimate of drug-likeness (QED) is 0.906. The number of ether oxygens (including phenoxy) is 1. The second kappa shape index (κ2) is 5.15. The number of hydrogen-bond acceptors (Lipinski definition) is 3. The maximum atomic E-state index is 5.91. The monoisotopic (exact) mass is 284 g/mol. The second-order valence-electron chi connectivity index (χ2n) is 4.34. The van der Waals surface area contributed by atoms with E-state index in [-0.39, 0.29) is 6.10 Å². The van der Waals surface area contributed by atoms with Gasteiger partial charge in [-0.25, -0.2) is 4.98 Å². The van der Waals surface area contributed by atoms with E-state index in [9.17, 15) is 0 Å². The minimum atomic E-state index is 0.238. The Balaban J connectivity index is 2.05. The number of halogens is 1. The van der Waals surface area contributed by atoms with E-state index in [4.69, 9.17) is 4.74 Å². The van der Waals surface area contributed by atoms with Gasteiger partial charge in [-0.1, -0.05) is 6.92 Å². The molecule has 2 unspecified atom stereocenters. The Labute approximate surface area is 105 Å². The number of hydrogen-bond donors (Lipinski definition) is 1. The fourth-order valence-electron chi connectivity index (χ4n) is 1.86. The molecule has 2 atom stereocenters. The van der Waals surface area contributed by atoms with Crippen LogP contribution in [0.3, 0.4) is 0 Å². The molecule has 1 aromatic heterocycles. The van der Waals surface area contributed by atoms with Crippen LogP contribution in [0, 0.1) is 12.8 Å². The summed E-state index contributed by atoms with van der Waals surface area (Å²) in [5, 5.41) is 3.35. The predicted octanol–water partition coefficient (Wildman–Crippen LogP) is 2.53. The van der Waals surface area contributed by atoms with Crippen LogP contribution in [0.25, 0.3) is 0 Å². The van der Waals surface area contributed by atoms with Crippen molar-refractivity contribution in [2.45, 2.75) is 26.4 Å².